The van der Waals surface area contributed by atoms with E-state index in [1.807, 2.05) is 30.3 Å². The number of benzene rings is 2. The molecule has 6 nitrogen and oxygen atoms in total. The molecule has 0 aliphatic rings. The number of hydrogen-bond donors (Lipinski definition) is 3. The lowest BCUT2D eigenvalue weighted by molar-refractivity contribution is -0.114. The van der Waals surface area contributed by atoms with Gasteiger partial charge in [-0.15, -0.1) is 0 Å². The molecular formula is C16H12FN5OS. The van der Waals surface area contributed by atoms with Crippen LogP contribution in [0.2, 0.25) is 0 Å². The maximum Gasteiger partial charge on any atom is 0.245 e. The van der Waals surface area contributed by atoms with Gasteiger partial charge < -0.3 is 10.6 Å². The summed E-state index contributed by atoms with van der Waals surface area (Å²) in [6.45, 7) is 0.101. The zero-order chi connectivity index (χ0) is 16.5. The van der Waals surface area contributed by atoms with Crippen LogP contribution in [0.3, 0.4) is 0 Å². The van der Waals surface area contributed by atoms with Gasteiger partial charge in [0.15, 0.2) is 10.9 Å². The molecule has 0 aliphatic carbocycles. The fourth-order valence-corrected chi connectivity index (χ4v) is 3.41. The summed E-state index contributed by atoms with van der Waals surface area (Å²) in [6, 6.07) is 10.8. The molecule has 0 saturated carbocycles. The van der Waals surface area contributed by atoms with Crippen LogP contribution in [0.5, 0.6) is 0 Å². The Labute approximate surface area is 139 Å². The molecule has 8 heteroatoms. The van der Waals surface area contributed by atoms with Crippen LogP contribution in [-0.2, 0) is 4.79 Å². The second-order valence-corrected chi connectivity index (χ2v) is 6.15. The molecule has 1 amide bonds. The van der Waals surface area contributed by atoms with Crippen LogP contribution in [0.25, 0.3) is 21.1 Å². The third-order valence-electron chi connectivity index (χ3n) is 3.51. The molecule has 0 bridgehead atoms. The monoisotopic (exact) mass is 341 g/mol. The fourth-order valence-electron chi connectivity index (χ4n) is 2.40. The molecule has 120 valence electrons. The third kappa shape index (κ3) is 2.67. The van der Waals surface area contributed by atoms with Gasteiger partial charge in [-0.1, -0.05) is 29.5 Å². The lowest BCUT2D eigenvalue weighted by Crippen LogP contribution is -2.21. The van der Waals surface area contributed by atoms with Gasteiger partial charge in [-0.25, -0.2) is 9.37 Å². The van der Waals surface area contributed by atoms with Gasteiger partial charge in [-0.05, 0) is 12.1 Å². The molecule has 0 saturated heterocycles. The summed E-state index contributed by atoms with van der Waals surface area (Å²) in [5.41, 5.74) is 1.69. The van der Waals surface area contributed by atoms with Gasteiger partial charge in [-0.3, -0.25) is 9.89 Å². The fraction of sp³-hybridized carbons (Fsp3) is 0.0625. The number of rotatable bonds is 4. The van der Waals surface area contributed by atoms with Crippen LogP contribution in [0.15, 0.2) is 42.6 Å². The van der Waals surface area contributed by atoms with E-state index >= 15 is 0 Å². The Kier molecular flexibility index (Phi) is 3.58. The average molecular weight is 341 g/mol. The zero-order valence-electron chi connectivity index (χ0n) is 12.3. The number of hydrogen-bond acceptors (Lipinski definition) is 5. The lowest BCUT2D eigenvalue weighted by atomic mass is 10.2. The van der Waals surface area contributed by atoms with Crippen molar-refractivity contribution >= 4 is 49.2 Å². The molecule has 0 unspecified atom stereocenters. The minimum Gasteiger partial charge on any atom is -0.376 e. The minimum absolute atomic E-state index is 0.101. The Bertz CT molecular complexity index is 1030. The van der Waals surface area contributed by atoms with Gasteiger partial charge in [0.1, 0.15) is 5.52 Å². The Hall–Kier alpha value is -3.00. The molecule has 2 aromatic carbocycles. The Morgan fingerprint density at radius 1 is 1.29 bits per heavy atom. The second kappa shape index (κ2) is 5.89. The Balaban J connectivity index is 1.54. The summed E-state index contributed by atoms with van der Waals surface area (Å²) in [5.74, 6) is -0.692. The SMILES string of the molecule is O=C(CNc1ccccc1)Nc1nc2c(F)cc3[nH]ncc3c2s1. The van der Waals surface area contributed by atoms with Gasteiger partial charge in [0.25, 0.3) is 0 Å². The third-order valence-corrected chi connectivity index (χ3v) is 4.52. The maximum atomic E-state index is 14.1. The number of amides is 1. The largest absolute Gasteiger partial charge is 0.376 e. The number of nitrogens with zero attached hydrogens (tertiary/aromatic N) is 2. The first-order valence-corrected chi connectivity index (χ1v) is 8.03. The maximum absolute atomic E-state index is 14.1. The highest BCUT2D eigenvalue weighted by Gasteiger charge is 2.15. The van der Waals surface area contributed by atoms with Crippen LogP contribution in [0, 0.1) is 5.82 Å². The molecule has 2 heterocycles. The van der Waals surface area contributed by atoms with E-state index in [1.54, 1.807) is 6.20 Å². The molecule has 0 fully saturated rings. The number of halogens is 1. The van der Waals surface area contributed by atoms with Crippen LogP contribution in [0.1, 0.15) is 0 Å². The normalized spacial score (nSPS) is 11.0. The van der Waals surface area contributed by atoms with Gasteiger partial charge in [0.2, 0.25) is 5.91 Å². The van der Waals surface area contributed by atoms with E-state index in [9.17, 15) is 9.18 Å². The molecule has 0 atom stereocenters. The Morgan fingerprint density at radius 3 is 2.96 bits per heavy atom. The van der Waals surface area contributed by atoms with Gasteiger partial charge in [-0.2, -0.15) is 5.10 Å². The van der Waals surface area contributed by atoms with Crippen LogP contribution < -0.4 is 10.6 Å². The first-order valence-electron chi connectivity index (χ1n) is 7.21. The molecular weight excluding hydrogens is 329 g/mol. The molecule has 4 rings (SSSR count). The average Bonchev–Trinajstić information content (AvgIpc) is 3.20. The van der Waals surface area contributed by atoms with Crippen molar-refractivity contribution in [1.29, 1.82) is 0 Å². The number of aromatic amines is 1. The predicted molar refractivity (Wildman–Crippen MR) is 92.8 cm³/mol. The molecule has 0 spiro atoms. The van der Waals surface area contributed by atoms with Crippen LogP contribution in [-0.4, -0.2) is 27.6 Å². The van der Waals surface area contributed by atoms with Gasteiger partial charge in [0, 0.05) is 17.1 Å². The topological polar surface area (TPSA) is 82.7 Å². The van der Waals surface area contributed by atoms with E-state index in [0.717, 1.165) is 11.1 Å². The summed E-state index contributed by atoms with van der Waals surface area (Å²) >= 11 is 1.22. The van der Waals surface area contributed by atoms with E-state index in [2.05, 4.69) is 25.8 Å². The van der Waals surface area contributed by atoms with Crippen molar-refractivity contribution in [2.45, 2.75) is 0 Å². The number of carbonyl (C=O) groups is 1. The number of nitrogens with one attached hydrogen (secondary N) is 3. The summed E-state index contributed by atoms with van der Waals surface area (Å²) in [5, 5.41) is 13.5. The Morgan fingerprint density at radius 2 is 2.12 bits per heavy atom. The van der Waals surface area contributed by atoms with Crippen LogP contribution >= 0.6 is 11.3 Å². The van der Waals surface area contributed by atoms with Crippen molar-refractivity contribution in [2.75, 3.05) is 17.2 Å². The number of para-hydroxylation sites is 1. The number of carbonyl (C=O) groups excluding carboxylic acids is 1. The van der Waals surface area contributed by atoms with E-state index < -0.39 is 5.82 Å². The first-order chi connectivity index (χ1) is 11.7. The van der Waals surface area contributed by atoms with E-state index in [-0.39, 0.29) is 18.0 Å². The van der Waals surface area contributed by atoms with Gasteiger partial charge >= 0.3 is 0 Å². The number of anilines is 2. The van der Waals surface area contributed by atoms with Crippen molar-refractivity contribution in [3.8, 4) is 0 Å². The minimum atomic E-state index is -0.444. The highest BCUT2D eigenvalue weighted by atomic mass is 32.1. The quantitative estimate of drug-likeness (QED) is 0.531. The van der Waals surface area contributed by atoms with Crippen molar-refractivity contribution < 1.29 is 9.18 Å². The summed E-state index contributed by atoms with van der Waals surface area (Å²) < 4.78 is 14.7. The van der Waals surface area contributed by atoms with Crippen molar-refractivity contribution in [1.82, 2.24) is 15.2 Å². The van der Waals surface area contributed by atoms with Crippen LogP contribution in [0.4, 0.5) is 15.2 Å². The van der Waals surface area contributed by atoms with E-state index in [1.165, 1.54) is 17.4 Å². The molecule has 4 aromatic rings. The molecule has 3 N–H and O–H groups in total. The standard InChI is InChI=1S/C16H12FN5OS/c17-11-6-12-10(7-19-22-12)15-14(11)21-16(24-15)20-13(23)8-18-9-4-2-1-3-5-9/h1-7,18H,8H2,(H,19,22)(H,20,21,23). The number of H-pyrrole nitrogens is 1. The van der Waals surface area contributed by atoms with Gasteiger partial charge in [0.05, 0.1) is 23.0 Å². The number of aromatic nitrogens is 3. The predicted octanol–water partition coefficient (Wildman–Crippen LogP) is 3.36. The molecule has 0 aliphatic heterocycles. The highest BCUT2D eigenvalue weighted by Crippen LogP contribution is 2.33. The first kappa shape index (κ1) is 14.6. The van der Waals surface area contributed by atoms with E-state index in [4.69, 9.17) is 0 Å². The lowest BCUT2D eigenvalue weighted by Gasteiger charge is -2.05. The van der Waals surface area contributed by atoms with E-state index in [0.29, 0.717) is 15.3 Å². The molecule has 2 aromatic heterocycles. The highest BCUT2D eigenvalue weighted by molar-refractivity contribution is 7.23. The second-order valence-electron chi connectivity index (χ2n) is 5.15. The molecule has 0 radical (unpaired) electrons. The van der Waals surface area contributed by atoms with Crippen molar-refractivity contribution in [2.24, 2.45) is 0 Å². The number of fused-ring (bicyclic) bond motifs is 3. The number of thiazole rings is 1. The summed E-state index contributed by atoms with van der Waals surface area (Å²) in [7, 11) is 0. The smallest absolute Gasteiger partial charge is 0.245 e. The zero-order valence-corrected chi connectivity index (χ0v) is 13.2. The molecule has 24 heavy (non-hydrogen) atoms. The van der Waals surface area contributed by atoms with Crippen molar-refractivity contribution in [3.63, 3.8) is 0 Å². The van der Waals surface area contributed by atoms with Crippen molar-refractivity contribution in [3.05, 3.63) is 48.4 Å². The summed E-state index contributed by atoms with van der Waals surface area (Å²) in [4.78, 5) is 16.2. The summed E-state index contributed by atoms with van der Waals surface area (Å²) in [6.07, 6.45) is 1.62.